The molecule has 0 N–H and O–H groups in total. The molecule has 4 heteroatoms. The Balaban J connectivity index is 2.29. The van der Waals surface area contributed by atoms with Crippen molar-refractivity contribution < 1.29 is 4.74 Å². The van der Waals surface area contributed by atoms with E-state index >= 15 is 0 Å². The summed E-state index contributed by atoms with van der Waals surface area (Å²) in [5.41, 5.74) is -0.212. The van der Waals surface area contributed by atoms with Crippen LogP contribution in [0.15, 0.2) is 0 Å². The van der Waals surface area contributed by atoms with Gasteiger partial charge in [0.1, 0.15) is 0 Å². The summed E-state index contributed by atoms with van der Waals surface area (Å²) in [5.74, 6) is 1.53. The zero-order chi connectivity index (χ0) is 11.7. The van der Waals surface area contributed by atoms with Crippen LogP contribution in [0.3, 0.4) is 0 Å². The molecule has 1 fully saturated rings. The van der Waals surface area contributed by atoms with Crippen molar-refractivity contribution in [2.24, 2.45) is 11.8 Å². The van der Waals surface area contributed by atoms with Gasteiger partial charge in [-0.2, -0.15) is 0 Å². The van der Waals surface area contributed by atoms with Crippen LogP contribution in [0.4, 0.5) is 0 Å². The van der Waals surface area contributed by atoms with Crippen LogP contribution in [0.1, 0.15) is 46.5 Å². The highest BCUT2D eigenvalue weighted by Crippen LogP contribution is 2.45. The van der Waals surface area contributed by atoms with E-state index in [-0.39, 0.29) is 5.60 Å². The lowest BCUT2D eigenvalue weighted by atomic mass is 9.51. The van der Waals surface area contributed by atoms with Gasteiger partial charge in [-0.3, -0.25) is 0 Å². The average Bonchev–Trinajstić information content (AvgIpc) is 1.97. The van der Waals surface area contributed by atoms with Gasteiger partial charge in [-0.05, 0) is 43.3 Å². The smallest absolute Gasteiger partial charge is 0.0862 e. The van der Waals surface area contributed by atoms with Crippen LogP contribution in [0, 0.1) is 11.8 Å². The first kappa shape index (κ1) is 13.2. The van der Waals surface area contributed by atoms with Gasteiger partial charge in [0.15, 0.2) is 0 Å². The molecule has 6 radical (unpaired) electrons. The van der Waals surface area contributed by atoms with Gasteiger partial charge in [0, 0.05) is 0 Å². The molecule has 15 heavy (non-hydrogen) atoms. The SMILES string of the molecule is [B]C([B])([B])OC1(C)CC(CC(C)CC)C1. The molecule has 0 saturated heterocycles. The van der Waals surface area contributed by atoms with Gasteiger partial charge in [-0.15, -0.1) is 0 Å². The molecule has 78 valence electrons. The van der Waals surface area contributed by atoms with Crippen LogP contribution in [0.5, 0.6) is 0 Å². The molecule has 0 bridgehead atoms. The first-order chi connectivity index (χ1) is 6.74. The maximum absolute atomic E-state index is 5.44. The van der Waals surface area contributed by atoms with Crippen molar-refractivity contribution in [2.45, 2.75) is 57.4 Å². The number of ether oxygens (including phenoxy) is 1. The molecule has 0 amide bonds. The average molecular weight is 200 g/mol. The minimum atomic E-state index is -1.49. The summed E-state index contributed by atoms with van der Waals surface area (Å²) in [6, 6.07) is 0. The quantitative estimate of drug-likeness (QED) is 0.613. The summed E-state index contributed by atoms with van der Waals surface area (Å²) in [7, 11) is 16.3. The van der Waals surface area contributed by atoms with Crippen LogP contribution in [-0.2, 0) is 4.74 Å². The molecule has 1 nitrogen and oxygen atoms in total. The molecule has 0 aromatic heterocycles. The standard InChI is InChI=1S/C11H19B3O/c1-4-8(2)5-9-6-10(3,7-9)15-11(12,13)14/h8-9H,4-7H2,1-3H3. The summed E-state index contributed by atoms with van der Waals surface area (Å²) in [6.45, 7) is 6.54. The van der Waals surface area contributed by atoms with Crippen LogP contribution >= 0.6 is 0 Å². The third-order valence-electron chi connectivity index (χ3n) is 3.30. The van der Waals surface area contributed by atoms with Crippen LogP contribution in [0.2, 0.25) is 0 Å². The Morgan fingerprint density at radius 3 is 2.33 bits per heavy atom. The lowest BCUT2D eigenvalue weighted by Gasteiger charge is -2.50. The fourth-order valence-corrected chi connectivity index (χ4v) is 2.57. The Hall–Kier alpha value is 0.155. The van der Waals surface area contributed by atoms with Gasteiger partial charge in [-0.1, -0.05) is 20.3 Å². The summed E-state index contributed by atoms with van der Waals surface area (Å²) >= 11 is 0. The highest BCUT2D eigenvalue weighted by molar-refractivity contribution is 6.58. The van der Waals surface area contributed by atoms with E-state index in [2.05, 4.69) is 13.8 Å². The molecule has 1 atom stereocenters. The molecule has 0 heterocycles. The van der Waals surface area contributed by atoms with E-state index in [4.69, 9.17) is 28.3 Å². The molecule has 1 rings (SSSR count). The Morgan fingerprint density at radius 2 is 1.93 bits per heavy atom. The number of rotatable bonds is 5. The van der Waals surface area contributed by atoms with E-state index in [1.165, 1.54) is 12.8 Å². The fourth-order valence-electron chi connectivity index (χ4n) is 2.57. The van der Waals surface area contributed by atoms with Crippen LogP contribution in [0.25, 0.3) is 0 Å². The predicted octanol–water partition coefficient (Wildman–Crippen LogP) is 1.72. The van der Waals surface area contributed by atoms with Crippen molar-refractivity contribution in [3.05, 3.63) is 0 Å². The normalized spacial score (nSPS) is 33.4. The molecule has 1 aliphatic rings. The van der Waals surface area contributed by atoms with Gasteiger partial charge in [0.2, 0.25) is 0 Å². The molecule has 0 aromatic carbocycles. The molecule has 1 saturated carbocycles. The van der Waals surface area contributed by atoms with Gasteiger partial charge >= 0.3 is 0 Å². The van der Waals surface area contributed by atoms with Crippen molar-refractivity contribution in [3.63, 3.8) is 0 Å². The number of hydrogen-bond acceptors (Lipinski definition) is 1. The monoisotopic (exact) mass is 200 g/mol. The molecule has 0 aromatic rings. The number of hydrogen-bond donors (Lipinski definition) is 0. The summed E-state index contributed by atoms with van der Waals surface area (Å²) < 4.78 is 5.44. The van der Waals surface area contributed by atoms with Crippen molar-refractivity contribution in [1.82, 2.24) is 0 Å². The third kappa shape index (κ3) is 4.26. The van der Waals surface area contributed by atoms with Crippen LogP contribution in [-0.4, -0.2) is 34.4 Å². The first-order valence-corrected chi connectivity index (χ1v) is 5.81. The topological polar surface area (TPSA) is 9.23 Å². The summed E-state index contributed by atoms with van der Waals surface area (Å²) in [4.78, 5) is 0. The van der Waals surface area contributed by atoms with Crippen molar-refractivity contribution in [2.75, 3.05) is 0 Å². The Bertz CT molecular complexity index is 206. The highest BCUT2D eigenvalue weighted by Gasteiger charge is 2.42. The molecule has 1 aliphatic carbocycles. The zero-order valence-electron chi connectivity index (χ0n) is 10.1. The minimum absolute atomic E-state index is 0.212. The summed E-state index contributed by atoms with van der Waals surface area (Å²) in [5, 5.41) is -1.49. The first-order valence-electron chi connectivity index (χ1n) is 5.81. The van der Waals surface area contributed by atoms with Gasteiger partial charge in [0.25, 0.3) is 0 Å². The van der Waals surface area contributed by atoms with Crippen molar-refractivity contribution >= 4 is 23.5 Å². The van der Waals surface area contributed by atoms with E-state index in [0.29, 0.717) is 0 Å². The second kappa shape index (κ2) is 4.57. The molecule has 0 spiro atoms. The lowest BCUT2D eigenvalue weighted by molar-refractivity contribution is -0.124. The highest BCUT2D eigenvalue weighted by atomic mass is 16.5. The Labute approximate surface area is 98.0 Å². The zero-order valence-corrected chi connectivity index (χ0v) is 10.1. The van der Waals surface area contributed by atoms with Crippen molar-refractivity contribution in [3.8, 4) is 0 Å². The molecule has 0 aliphatic heterocycles. The third-order valence-corrected chi connectivity index (χ3v) is 3.30. The maximum Gasteiger partial charge on any atom is 0.0862 e. The Morgan fingerprint density at radius 1 is 1.40 bits per heavy atom. The molecule has 1 unspecified atom stereocenters. The fraction of sp³-hybridized carbons (Fsp3) is 1.00. The van der Waals surface area contributed by atoms with E-state index < -0.39 is 5.30 Å². The lowest BCUT2D eigenvalue weighted by Crippen LogP contribution is -2.51. The van der Waals surface area contributed by atoms with E-state index in [1.54, 1.807) is 0 Å². The van der Waals surface area contributed by atoms with Crippen molar-refractivity contribution in [1.29, 1.82) is 0 Å². The predicted molar refractivity (Wildman–Crippen MR) is 66.3 cm³/mol. The minimum Gasteiger partial charge on any atom is -0.397 e. The summed E-state index contributed by atoms with van der Waals surface area (Å²) in [6.07, 6.45) is 4.54. The van der Waals surface area contributed by atoms with E-state index in [9.17, 15) is 0 Å². The Kier molecular flexibility index (Phi) is 4.03. The molecular weight excluding hydrogens is 181 g/mol. The maximum atomic E-state index is 5.44. The van der Waals surface area contributed by atoms with Gasteiger partial charge in [-0.25, -0.2) is 0 Å². The van der Waals surface area contributed by atoms with Gasteiger partial charge in [0.05, 0.1) is 29.1 Å². The van der Waals surface area contributed by atoms with E-state index in [1.807, 2.05) is 6.92 Å². The molecular formula is C11H19B3O. The second-order valence-electron chi connectivity index (χ2n) is 5.43. The second-order valence-corrected chi connectivity index (χ2v) is 5.43. The van der Waals surface area contributed by atoms with E-state index in [0.717, 1.165) is 24.7 Å². The largest absolute Gasteiger partial charge is 0.397 e. The van der Waals surface area contributed by atoms with Crippen LogP contribution < -0.4 is 0 Å². The van der Waals surface area contributed by atoms with Gasteiger partial charge < -0.3 is 4.74 Å².